The molecule has 0 unspecified atom stereocenters. The fourth-order valence-corrected chi connectivity index (χ4v) is 3.88. The summed E-state index contributed by atoms with van der Waals surface area (Å²) in [4.78, 5) is 6.90. The molecular weight excluding hydrogens is 252 g/mol. The maximum Gasteiger partial charge on any atom is 0.149 e. The fraction of sp³-hybridized carbons (Fsp3) is 0.455. The Morgan fingerprint density at radius 2 is 2.12 bits per heavy atom. The van der Waals surface area contributed by atoms with Crippen molar-refractivity contribution in [2.75, 3.05) is 23.7 Å². The van der Waals surface area contributed by atoms with Gasteiger partial charge in [0.15, 0.2) is 0 Å². The normalized spacial score (nSPS) is 15.7. The minimum Gasteiger partial charge on any atom is -0.382 e. The topological polar surface area (TPSA) is 55.0 Å². The van der Waals surface area contributed by atoms with Crippen LogP contribution in [0.25, 0.3) is 10.6 Å². The van der Waals surface area contributed by atoms with E-state index in [1.54, 1.807) is 11.3 Å². The van der Waals surface area contributed by atoms with E-state index in [0.29, 0.717) is 5.82 Å². The number of nitrogen functional groups attached to an aromatic ring is 1. The van der Waals surface area contributed by atoms with Crippen molar-refractivity contribution in [1.82, 2.24) is 9.36 Å². The van der Waals surface area contributed by atoms with Crippen LogP contribution in [0, 0.1) is 6.92 Å². The third kappa shape index (κ3) is 1.91. The van der Waals surface area contributed by atoms with E-state index in [0.717, 1.165) is 29.4 Å². The lowest BCUT2D eigenvalue weighted by Gasteiger charge is -2.15. The van der Waals surface area contributed by atoms with Crippen LogP contribution >= 0.6 is 22.9 Å². The standard InChI is InChI=1S/C11H14N4S2/c1-7-6-16-10(13-7)8-9(12)14-17-11(8)15-4-2-3-5-15/h6H,2-5H2,1H3,(H2,12,14). The van der Waals surface area contributed by atoms with Crippen molar-refractivity contribution in [1.29, 1.82) is 0 Å². The molecule has 1 aliphatic heterocycles. The van der Waals surface area contributed by atoms with E-state index in [-0.39, 0.29) is 0 Å². The Morgan fingerprint density at radius 3 is 2.76 bits per heavy atom. The quantitative estimate of drug-likeness (QED) is 0.908. The SMILES string of the molecule is Cc1csc(-c2c(N)nsc2N2CCCC2)n1. The highest BCUT2D eigenvalue weighted by Gasteiger charge is 2.23. The maximum absolute atomic E-state index is 5.99. The average Bonchev–Trinajstić information content (AvgIpc) is 2.97. The predicted molar refractivity (Wildman–Crippen MR) is 73.8 cm³/mol. The zero-order chi connectivity index (χ0) is 11.8. The van der Waals surface area contributed by atoms with Gasteiger partial charge in [0.25, 0.3) is 0 Å². The van der Waals surface area contributed by atoms with Gasteiger partial charge in [-0.3, -0.25) is 0 Å². The van der Waals surface area contributed by atoms with Crippen molar-refractivity contribution < 1.29 is 0 Å². The lowest BCUT2D eigenvalue weighted by atomic mass is 10.3. The highest BCUT2D eigenvalue weighted by atomic mass is 32.1. The lowest BCUT2D eigenvalue weighted by Crippen LogP contribution is -2.17. The minimum absolute atomic E-state index is 0.617. The molecule has 17 heavy (non-hydrogen) atoms. The van der Waals surface area contributed by atoms with Crippen LogP contribution in [0.5, 0.6) is 0 Å². The van der Waals surface area contributed by atoms with Crippen LogP contribution in [0.2, 0.25) is 0 Å². The Morgan fingerprint density at radius 1 is 1.35 bits per heavy atom. The van der Waals surface area contributed by atoms with Crippen LogP contribution in [0.15, 0.2) is 5.38 Å². The Bertz CT molecular complexity index is 525. The zero-order valence-electron chi connectivity index (χ0n) is 9.64. The van der Waals surface area contributed by atoms with Gasteiger partial charge in [-0.2, -0.15) is 4.37 Å². The number of hydrogen-bond donors (Lipinski definition) is 1. The van der Waals surface area contributed by atoms with Crippen LogP contribution in [0.1, 0.15) is 18.5 Å². The molecular formula is C11H14N4S2. The molecule has 90 valence electrons. The van der Waals surface area contributed by atoms with Gasteiger partial charge in [-0.1, -0.05) is 0 Å². The van der Waals surface area contributed by atoms with Gasteiger partial charge in [0.2, 0.25) is 0 Å². The molecule has 0 saturated carbocycles. The molecule has 3 heterocycles. The molecule has 1 aliphatic rings. The number of anilines is 2. The summed E-state index contributed by atoms with van der Waals surface area (Å²) in [6, 6.07) is 0. The summed E-state index contributed by atoms with van der Waals surface area (Å²) in [6.45, 7) is 4.23. The molecule has 2 aromatic heterocycles. The fourth-order valence-electron chi connectivity index (χ4n) is 2.10. The van der Waals surface area contributed by atoms with Crippen molar-refractivity contribution in [3.8, 4) is 10.6 Å². The van der Waals surface area contributed by atoms with E-state index < -0.39 is 0 Å². The molecule has 6 heteroatoms. The highest BCUT2D eigenvalue weighted by molar-refractivity contribution is 7.15. The van der Waals surface area contributed by atoms with Crippen molar-refractivity contribution in [2.45, 2.75) is 19.8 Å². The number of aryl methyl sites for hydroxylation is 1. The molecule has 0 aliphatic carbocycles. The van der Waals surface area contributed by atoms with E-state index in [1.165, 1.54) is 29.4 Å². The average molecular weight is 266 g/mol. The first-order valence-corrected chi connectivity index (χ1v) is 7.33. The van der Waals surface area contributed by atoms with Crippen molar-refractivity contribution in [3.05, 3.63) is 11.1 Å². The van der Waals surface area contributed by atoms with E-state index in [1.807, 2.05) is 6.92 Å². The van der Waals surface area contributed by atoms with E-state index in [4.69, 9.17) is 5.73 Å². The molecule has 4 nitrogen and oxygen atoms in total. The largest absolute Gasteiger partial charge is 0.382 e. The first kappa shape index (κ1) is 11.0. The second kappa shape index (κ2) is 4.27. The molecule has 0 atom stereocenters. The Balaban J connectivity index is 2.05. The molecule has 0 bridgehead atoms. The first-order valence-electron chi connectivity index (χ1n) is 5.68. The number of nitrogens with zero attached hydrogens (tertiary/aromatic N) is 3. The second-order valence-corrected chi connectivity index (χ2v) is 5.85. The van der Waals surface area contributed by atoms with Crippen molar-refractivity contribution in [2.24, 2.45) is 0 Å². The summed E-state index contributed by atoms with van der Waals surface area (Å²) in [5.41, 5.74) is 8.07. The number of hydrogen-bond acceptors (Lipinski definition) is 6. The molecule has 0 radical (unpaired) electrons. The molecule has 3 rings (SSSR count). The van der Waals surface area contributed by atoms with Gasteiger partial charge in [0.05, 0.1) is 5.56 Å². The molecule has 0 spiro atoms. The van der Waals surface area contributed by atoms with Crippen molar-refractivity contribution >= 4 is 33.7 Å². The lowest BCUT2D eigenvalue weighted by molar-refractivity contribution is 0.949. The monoisotopic (exact) mass is 266 g/mol. The summed E-state index contributed by atoms with van der Waals surface area (Å²) in [5.74, 6) is 0.617. The van der Waals surface area contributed by atoms with Crippen LogP contribution in [0.4, 0.5) is 10.8 Å². The van der Waals surface area contributed by atoms with Gasteiger partial charge in [-0.05, 0) is 31.3 Å². The molecule has 0 amide bonds. The predicted octanol–water partition coefficient (Wildman–Crippen LogP) is 2.76. The van der Waals surface area contributed by atoms with Gasteiger partial charge in [-0.15, -0.1) is 11.3 Å². The number of rotatable bonds is 2. The van der Waals surface area contributed by atoms with E-state index >= 15 is 0 Å². The van der Waals surface area contributed by atoms with Gasteiger partial charge in [-0.25, -0.2) is 4.98 Å². The molecule has 2 aromatic rings. The van der Waals surface area contributed by atoms with Gasteiger partial charge < -0.3 is 10.6 Å². The Kier molecular flexibility index (Phi) is 2.76. The zero-order valence-corrected chi connectivity index (χ0v) is 11.3. The molecule has 1 saturated heterocycles. The van der Waals surface area contributed by atoms with Gasteiger partial charge in [0, 0.05) is 24.2 Å². The van der Waals surface area contributed by atoms with E-state index in [2.05, 4.69) is 19.6 Å². The number of thiazole rings is 1. The second-order valence-electron chi connectivity index (χ2n) is 4.24. The number of nitrogens with two attached hydrogens (primary N) is 1. The molecule has 2 N–H and O–H groups in total. The van der Waals surface area contributed by atoms with E-state index in [9.17, 15) is 0 Å². The van der Waals surface area contributed by atoms with Gasteiger partial charge in [0.1, 0.15) is 15.8 Å². The minimum atomic E-state index is 0.617. The van der Waals surface area contributed by atoms with Crippen molar-refractivity contribution in [3.63, 3.8) is 0 Å². The summed E-state index contributed by atoms with van der Waals surface area (Å²) in [5, 5.41) is 4.24. The summed E-state index contributed by atoms with van der Waals surface area (Å²) < 4.78 is 4.29. The van der Waals surface area contributed by atoms with Crippen LogP contribution in [0.3, 0.4) is 0 Å². The molecule has 1 fully saturated rings. The van der Waals surface area contributed by atoms with Gasteiger partial charge >= 0.3 is 0 Å². The number of aromatic nitrogens is 2. The smallest absolute Gasteiger partial charge is 0.149 e. The Hall–Kier alpha value is -1.14. The summed E-state index contributed by atoms with van der Waals surface area (Å²) in [6.07, 6.45) is 2.52. The highest BCUT2D eigenvalue weighted by Crippen LogP contribution is 2.41. The third-order valence-corrected chi connectivity index (χ3v) is 4.83. The van der Waals surface area contributed by atoms with Crippen LogP contribution < -0.4 is 10.6 Å². The summed E-state index contributed by atoms with van der Waals surface area (Å²) in [7, 11) is 0. The van der Waals surface area contributed by atoms with Crippen LogP contribution in [-0.4, -0.2) is 22.4 Å². The Labute approximate surface area is 108 Å². The first-order chi connectivity index (χ1) is 8.25. The maximum atomic E-state index is 5.99. The molecule has 0 aromatic carbocycles. The third-order valence-electron chi connectivity index (χ3n) is 2.93. The summed E-state index contributed by atoms with van der Waals surface area (Å²) >= 11 is 3.14. The van der Waals surface area contributed by atoms with Crippen LogP contribution in [-0.2, 0) is 0 Å².